The van der Waals surface area contributed by atoms with Gasteiger partial charge in [-0.3, -0.25) is 9.36 Å². The van der Waals surface area contributed by atoms with Crippen LogP contribution < -0.4 is 5.32 Å². The second kappa shape index (κ2) is 11.0. The van der Waals surface area contributed by atoms with Crippen LogP contribution in [0.2, 0.25) is 10.0 Å². The summed E-state index contributed by atoms with van der Waals surface area (Å²) in [5, 5.41) is 13.4. The summed E-state index contributed by atoms with van der Waals surface area (Å²) in [5.41, 5.74) is 2.93. The lowest BCUT2D eigenvalue weighted by atomic mass is 10.1. The summed E-state index contributed by atoms with van der Waals surface area (Å²) < 4.78 is 7.23. The Morgan fingerprint density at radius 3 is 2.74 bits per heavy atom. The number of ether oxygens (including phenoxy) is 1. The van der Waals surface area contributed by atoms with E-state index in [1.54, 1.807) is 19.2 Å². The fourth-order valence-electron chi connectivity index (χ4n) is 3.12. The third kappa shape index (κ3) is 6.23. The Morgan fingerprint density at radius 2 is 2.03 bits per heavy atom. The highest BCUT2D eigenvalue weighted by Gasteiger charge is 2.17. The van der Waals surface area contributed by atoms with Gasteiger partial charge in [-0.05, 0) is 37.6 Å². The summed E-state index contributed by atoms with van der Waals surface area (Å²) in [6, 6.07) is 13.1. The number of nitrogens with zero attached hydrogens (tertiary/aromatic N) is 3. The first-order valence-corrected chi connectivity index (χ1v) is 11.5. The molecule has 2 aromatic carbocycles. The summed E-state index contributed by atoms with van der Waals surface area (Å²) in [4.78, 5) is 12.5. The lowest BCUT2D eigenvalue weighted by molar-refractivity contribution is -0.119. The van der Waals surface area contributed by atoms with Gasteiger partial charge < -0.3 is 10.1 Å². The summed E-state index contributed by atoms with van der Waals surface area (Å²) in [6.07, 6.45) is 0. The molecule has 31 heavy (non-hydrogen) atoms. The first kappa shape index (κ1) is 23.6. The molecule has 1 atom stereocenters. The number of aromatic nitrogens is 3. The number of carbonyl (C=O) groups is 1. The summed E-state index contributed by atoms with van der Waals surface area (Å²) >= 11 is 13.5. The molecule has 3 rings (SSSR count). The number of benzene rings is 2. The maximum atomic E-state index is 12.5. The molecule has 3 aromatic rings. The predicted molar refractivity (Wildman–Crippen MR) is 126 cm³/mol. The summed E-state index contributed by atoms with van der Waals surface area (Å²) in [7, 11) is 1.65. The van der Waals surface area contributed by atoms with E-state index < -0.39 is 0 Å². The molecule has 1 heterocycles. The van der Waals surface area contributed by atoms with Crippen molar-refractivity contribution in [2.45, 2.75) is 31.6 Å². The van der Waals surface area contributed by atoms with Crippen molar-refractivity contribution in [2.24, 2.45) is 0 Å². The number of methoxy groups -OCH3 is 1. The number of aryl methyl sites for hydroxylation is 1. The van der Waals surface area contributed by atoms with Gasteiger partial charge in [0.15, 0.2) is 11.0 Å². The van der Waals surface area contributed by atoms with Crippen molar-refractivity contribution in [1.82, 2.24) is 20.1 Å². The number of thioether (sulfide) groups is 1. The highest BCUT2D eigenvalue weighted by atomic mass is 35.5. The molecule has 6 nitrogen and oxygen atoms in total. The van der Waals surface area contributed by atoms with E-state index in [0.29, 0.717) is 28.4 Å². The van der Waals surface area contributed by atoms with Crippen LogP contribution in [0.25, 0.3) is 11.4 Å². The van der Waals surface area contributed by atoms with Gasteiger partial charge in [-0.2, -0.15) is 0 Å². The fraction of sp³-hybridized carbons (Fsp3) is 0.318. The van der Waals surface area contributed by atoms with Gasteiger partial charge in [0.2, 0.25) is 5.91 Å². The molecule has 1 aromatic heterocycles. The number of nitrogens with one attached hydrogen (secondary N) is 1. The van der Waals surface area contributed by atoms with Crippen LogP contribution in [-0.2, 0) is 16.1 Å². The van der Waals surface area contributed by atoms with Crippen LogP contribution in [0.4, 0.5) is 0 Å². The molecule has 164 valence electrons. The highest BCUT2D eigenvalue weighted by molar-refractivity contribution is 7.99. The minimum absolute atomic E-state index is 0.123. The Kier molecular flexibility index (Phi) is 8.37. The van der Waals surface area contributed by atoms with E-state index in [0.717, 1.165) is 22.5 Å². The molecule has 1 amide bonds. The Morgan fingerprint density at radius 1 is 1.23 bits per heavy atom. The van der Waals surface area contributed by atoms with Crippen molar-refractivity contribution in [1.29, 1.82) is 0 Å². The number of amides is 1. The average molecular weight is 479 g/mol. The highest BCUT2D eigenvalue weighted by Crippen LogP contribution is 2.27. The summed E-state index contributed by atoms with van der Waals surface area (Å²) in [6.45, 7) is 5.03. The number of hydrogen-bond donors (Lipinski definition) is 1. The molecular formula is C22H24Cl2N4O2S. The molecule has 0 unspecified atom stereocenters. The quantitative estimate of drug-likeness (QED) is 0.429. The SMILES string of the molecule is COCCn1c(SCC(=O)N[C@@H](C)c2ccc(Cl)cc2Cl)nnc1-c1cccc(C)c1. The normalized spacial score (nSPS) is 12.0. The van der Waals surface area contributed by atoms with Crippen LogP contribution in [0.5, 0.6) is 0 Å². The van der Waals surface area contributed by atoms with E-state index in [1.165, 1.54) is 11.8 Å². The van der Waals surface area contributed by atoms with E-state index in [9.17, 15) is 4.79 Å². The zero-order valence-corrected chi connectivity index (χ0v) is 19.9. The Balaban J connectivity index is 1.69. The number of rotatable bonds is 9. The molecule has 0 saturated carbocycles. The number of halogens is 2. The topological polar surface area (TPSA) is 69.0 Å². The molecule has 0 fully saturated rings. The first-order chi connectivity index (χ1) is 14.9. The Hall–Kier alpha value is -2.06. The van der Waals surface area contributed by atoms with Gasteiger partial charge in [-0.1, -0.05) is 64.8 Å². The maximum absolute atomic E-state index is 12.5. The predicted octanol–water partition coefficient (Wildman–Crippen LogP) is 5.18. The van der Waals surface area contributed by atoms with Crippen LogP contribution >= 0.6 is 35.0 Å². The van der Waals surface area contributed by atoms with Crippen LogP contribution in [0.15, 0.2) is 47.6 Å². The van der Waals surface area contributed by atoms with Gasteiger partial charge in [0.05, 0.1) is 24.9 Å². The molecular weight excluding hydrogens is 455 g/mol. The number of carbonyl (C=O) groups excluding carboxylic acids is 1. The zero-order chi connectivity index (χ0) is 22.4. The van der Waals surface area contributed by atoms with E-state index in [2.05, 4.69) is 21.6 Å². The molecule has 0 aliphatic rings. The van der Waals surface area contributed by atoms with Gasteiger partial charge in [-0.15, -0.1) is 10.2 Å². The van der Waals surface area contributed by atoms with Crippen molar-refractivity contribution in [3.63, 3.8) is 0 Å². The van der Waals surface area contributed by atoms with Crippen molar-refractivity contribution in [3.05, 3.63) is 63.6 Å². The monoisotopic (exact) mass is 478 g/mol. The van der Waals surface area contributed by atoms with Gasteiger partial charge in [0, 0.05) is 22.7 Å². The van der Waals surface area contributed by atoms with Crippen molar-refractivity contribution in [2.75, 3.05) is 19.5 Å². The van der Waals surface area contributed by atoms with E-state index >= 15 is 0 Å². The Bertz CT molecular complexity index is 1060. The molecule has 0 radical (unpaired) electrons. The van der Waals surface area contributed by atoms with Gasteiger partial charge >= 0.3 is 0 Å². The van der Waals surface area contributed by atoms with Crippen LogP contribution in [0, 0.1) is 6.92 Å². The third-order valence-electron chi connectivity index (χ3n) is 4.65. The molecule has 0 aliphatic heterocycles. The second-order valence-corrected chi connectivity index (χ2v) is 8.85. The van der Waals surface area contributed by atoms with Crippen LogP contribution in [0.1, 0.15) is 24.1 Å². The van der Waals surface area contributed by atoms with E-state index in [1.807, 2.05) is 42.7 Å². The molecule has 0 bridgehead atoms. The Labute approximate surface area is 196 Å². The second-order valence-electron chi connectivity index (χ2n) is 7.06. The minimum atomic E-state index is -0.243. The first-order valence-electron chi connectivity index (χ1n) is 9.75. The molecule has 1 N–H and O–H groups in total. The summed E-state index contributed by atoms with van der Waals surface area (Å²) in [5.74, 6) is 0.834. The smallest absolute Gasteiger partial charge is 0.230 e. The van der Waals surface area contributed by atoms with Crippen molar-refractivity contribution < 1.29 is 9.53 Å². The standard InChI is InChI=1S/C22H24Cl2N4O2S/c1-14-5-4-6-16(11-14)21-26-27-22(28(21)9-10-30-3)31-13-20(29)25-15(2)18-8-7-17(23)12-19(18)24/h4-8,11-12,15H,9-10,13H2,1-3H3,(H,25,29)/t15-/m0/s1. The van der Waals surface area contributed by atoms with Gasteiger partial charge in [0.25, 0.3) is 0 Å². The fourth-order valence-corrected chi connectivity index (χ4v) is 4.47. The van der Waals surface area contributed by atoms with E-state index in [4.69, 9.17) is 27.9 Å². The van der Waals surface area contributed by atoms with Crippen molar-refractivity contribution >= 4 is 40.9 Å². The molecule has 9 heteroatoms. The minimum Gasteiger partial charge on any atom is -0.383 e. The maximum Gasteiger partial charge on any atom is 0.230 e. The molecule has 0 aliphatic carbocycles. The van der Waals surface area contributed by atoms with E-state index in [-0.39, 0.29) is 17.7 Å². The molecule has 0 saturated heterocycles. The largest absolute Gasteiger partial charge is 0.383 e. The third-order valence-corrected chi connectivity index (χ3v) is 6.18. The van der Waals surface area contributed by atoms with Crippen molar-refractivity contribution in [3.8, 4) is 11.4 Å². The van der Waals surface area contributed by atoms with Crippen LogP contribution in [0.3, 0.4) is 0 Å². The average Bonchev–Trinajstić information content (AvgIpc) is 3.13. The lowest BCUT2D eigenvalue weighted by Crippen LogP contribution is -2.28. The van der Waals surface area contributed by atoms with Gasteiger partial charge in [0.1, 0.15) is 0 Å². The van der Waals surface area contributed by atoms with Crippen LogP contribution in [-0.4, -0.2) is 40.1 Å². The lowest BCUT2D eigenvalue weighted by Gasteiger charge is -2.16. The molecule has 0 spiro atoms. The number of hydrogen-bond acceptors (Lipinski definition) is 5. The van der Waals surface area contributed by atoms with Gasteiger partial charge in [-0.25, -0.2) is 0 Å². The zero-order valence-electron chi connectivity index (χ0n) is 17.6.